The van der Waals surface area contributed by atoms with Gasteiger partial charge in [-0.3, -0.25) is 4.79 Å². The third-order valence-corrected chi connectivity index (χ3v) is 7.34. The smallest absolute Gasteiger partial charge is 0.251 e. The SMILES string of the molecule is CCCC(NC(=O)c1ccc(Cl)c(S(=O)(=O)N2CCCC2)c1)c1ccccc1. The topological polar surface area (TPSA) is 66.5 Å². The minimum Gasteiger partial charge on any atom is -0.345 e. The Hall–Kier alpha value is -1.89. The van der Waals surface area contributed by atoms with Crippen LogP contribution in [0.25, 0.3) is 0 Å². The highest BCUT2D eigenvalue weighted by Crippen LogP contribution is 2.28. The molecule has 0 saturated carbocycles. The molecule has 7 heteroatoms. The molecule has 28 heavy (non-hydrogen) atoms. The molecule has 1 fully saturated rings. The van der Waals surface area contributed by atoms with Crippen molar-refractivity contribution in [2.45, 2.75) is 43.5 Å². The fraction of sp³-hybridized carbons (Fsp3) is 0.381. The Morgan fingerprint density at radius 3 is 2.46 bits per heavy atom. The van der Waals surface area contributed by atoms with Crippen LogP contribution in [0.5, 0.6) is 0 Å². The van der Waals surface area contributed by atoms with Gasteiger partial charge in [0.15, 0.2) is 0 Å². The summed E-state index contributed by atoms with van der Waals surface area (Å²) in [6.45, 7) is 3.04. The zero-order valence-electron chi connectivity index (χ0n) is 15.9. The molecule has 5 nitrogen and oxygen atoms in total. The van der Waals surface area contributed by atoms with Gasteiger partial charge in [0.25, 0.3) is 5.91 Å². The first-order valence-electron chi connectivity index (χ1n) is 9.59. The number of sulfonamides is 1. The third kappa shape index (κ3) is 4.57. The molecule has 1 atom stereocenters. The van der Waals surface area contributed by atoms with Gasteiger partial charge < -0.3 is 5.32 Å². The van der Waals surface area contributed by atoms with Crippen LogP contribution in [0.3, 0.4) is 0 Å². The van der Waals surface area contributed by atoms with Crippen molar-refractivity contribution >= 4 is 27.5 Å². The fourth-order valence-corrected chi connectivity index (χ4v) is 5.47. The highest BCUT2D eigenvalue weighted by molar-refractivity contribution is 7.89. The second-order valence-corrected chi connectivity index (χ2v) is 9.30. The zero-order valence-corrected chi connectivity index (χ0v) is 17.5. The molecular weight excluding hydrogens is 396 g/mol. The van der Waals surface area contributed by atoms with Crippen LogP contribution in [-0.2, 0) is 10.0 Å². The molecule has 3 rings (SSSR count). The first kappa shape index (κ1) is 20.8. The summed E-state index contributed by atoms with van der Waals surface area (Å²) in [4.78, 5) is 12.8. The predicted octanol–water partition coefficient (Wildman–Crippen LogP) is 4.40. The number of amides is 1. The Kier molecular flexibility index (Phi) is 6.75. The lowest BCUT2D eigenvalue weighted by molar-refractivity contribution is 0.0934. The maximum Gasteiger partial charge on any atom is 0.251 e. The van der Waals surface area contributed by atoms with Crippen LogP contribution in [0.1, 0.15) is 54.6 Å². The molecular formula is C21H25ClN2O3S. The number of nitrogens with zero attached hydrogens (tertiary/aromatic N) is 1. The highest BCUT2D eigenvalue weighted by atomic mass is 35.5. The standard InChI is InChI=1S/C21H25ClN2O3S/c1-2-8-19(16-9-4-3-5-10-16)23-21(25)17-11-12-18(22)20(15-17)28(26,27)24-13-6-7-14-24/h3-5,9-12,15,19H,2,6-8,13-14H2,1H3,(H,23,25). The van der Waals surface area contributed by atoms with E-state index < -0.39 is 10.0 Å². The molecule has 0 bridgehead atoms. The summed E-state index contributed by atoms with van der Waals surface area (Å²) < 4.78 is 27.2. The van der Waals surface area contributed by atoms with E-state index in [1.807, 2.05) is 30.3 Å². The number of carbonyl (C=O) groups excluding carboxylic acids is 1. The van der Waals surface area contributed by atoms with Gasteiger partial charge in [-0.1, -0.05) is 55.3 Å². The van der Waals surface area contributed by atoms with Crippen LogP contribution in [0.2, 0.25) is 5.02 Å². The molecule has 150 valence electrons. The molecule has 1 amide bonds. The minimum atomic E-state index is -3.69. The largest absolute Gasteiger partial charge is 0.345 e. The van der Waals surface area contributed by atoms with E-state index in [0.29, 0.717) is 18.7 Å². The van der Waals surface area contributed by atoms with E-state index in [0.717, 1.165) is 31.2 Å². The van der Waals surface area contributed by atoms with Crippen molar-refractivity contribution in [1.29, 1.82) is 0 Å². The molecule has 1 unspecified atom stereocenters. The average Bonchev–Trinajstić information content (AvgIpc) is 3.24. The summed E-state index contributed by atoms with van der Waals surface area (Å²) >= 11 is 6.18. The average molecular weight is 421 g/mol. The number of hydrogen-bond donors (Lipinski definition) is 1. The summed E-state index contributed by atoms with van der Waals surface area (Å²) in [6, 6.07) is 14.1. The maximum absolute atomic E-state index is 12.9. The van der Waals surface area contributed by atoms with Crippen LogP contribution in [0.15, 0.2) is 53.4 Å². The first-order valence-corrected chi connectivity index (χ1v) is 11.4. The zero-order chi connectivity index (χ0) is 20.1. The van der Waals surface area contributed by atoms with Gasteiger partial charge in [-0.05, 0) is 43.0 Å². The molecule has 0 spiro atoms. The van der Waals surface area contributed by atoms with Gasteiger partial charge in [-0.2, -0.15) is 4.31 Å². The van der Waals surface area contributed by atoms with E-state index in [9.17, 15) is 13.2 Å². The Morgan fingerprint density at radius 1 is 1.14 bits per heavy atom. The molecule has 1 heterocycles. The molecule has 2 aromatic carbocycles. The highest BCUT2D eigenvalue weighted by Gasteiger charge is 2.30. The maximum atomic E-state index is 12.9. The van der Waals surface area contributed by atoms with Gasteiger partial charge >= 0.3 is 0 Å². The van der Waals surface area contributed by atoms with E-state index in [1.54, 1.807) is 6.07 Å². The Bertz CT molecular complexity index is 926. The van der Waals surface area contributed by atoms with Crippen molar-refractivity contribution in [1.82, 2.24) is 9.62 Å². The van der Waals surface area contributed by atoms with Crippen molar-refractivity contribution in [3.8, 4) is 0 Å². The summed E-state index contributed by atoms with van der Waals surface area (Å²) in [5.74, 6) is -0.308. The second-order valence-electron chi connectivity index (χ2n) is 6.98. The predicted molar refractivity (Wildman–Crippen MR) is 111 cm³/mol. The fourth-order valence-electron chi connectivity index (χ4n) is 3.45. The Balaban J connectivity index is 1.86. The summed E-state index contributed by atoms with van der Waals surface area (Å²) in [7, 11) is -3.69. The van der Waals surface area contributed by atoms with Crippen LogP contribution in [-0.4, -0.2) is 31.7 Å². The van der Waals surface area contributed by atoms with Gasteiger partial charge in [0.05, 0.1) is 11.1 Å². The van der Waals surface area contributed by atoms with Crippen LogP contribution >= 0.6 is 11.6 Å². The van der Waals surface area contributed by atoms with Gasteiger partial charge in [-0.15, -0.1) is 0 Å². The Morgan fingerprint density at radius 2 is 1.82 bits per heavy atom. The quantitative estimate of drug-likeness (QED) is 0.722. The lowest BCUT2D eigenvalue weighted by atomic mass is 10.0. The van der Waals surface area contributed by atoms with Crippen LogP contribution in [0.4, 0.5) is 0 Å². The molecule has 1 aliphatic heterocycles. The minimum absolute atomic E-state index is 0.00420. The van der Waals surface area contributed by atoms with Crippen LogP contribution in [0, 0.1) is 0 Å². The van der Waals surface area contributed by atoms with E-state index >= 15 is 0 Å². The summed E-state index contributed by atoms with van der Waals surface area (Å²) in [5, 5.41) is 3.16. The first-order chi connectivity index (χ1) is 13.4. The number of rotatable bonds is 7. The van der Waals surface area contributed by atoms with E-state index in [2.05, 4.69) is 12.2 Å². The van der Waals surface area contributed by atoms with Gasteiger partial charge in [0, 0.05) is 18.7 Å². The van der Waals surface area contributed by atoms with Crippen molar-refractivity contribution in [2.75, 3.05) is 13.1 Å². The number of benzene rings is 2. The molecule has 2 aromatic rings. The van der Waals surface area contributed by atoms with Crippen molar-refractivity contribution in [3.05, 3.63) is 64.7 Å². The lowest BCUT2D eigenvalue weighted by Gasteiger charge is -2.20. The number of carbonyl (C=O) groups is 1. The van der Waals surface area contributed by atoms with E-state index in [-0.39, 0.29) is 21.9 Å². The number of hydrogen-bond acceptors (Lipinski definition) is 3. The number of nitrogens with one attached hydrogen (secondary N) is 1. The lowest BCUT2D eigenvalue weighted by Crippen LogP contribution is -2.30. The normalized spacial score (nSPS) is 16.1. The van der Waals surface area contributed by atoms with Gasteiger partial charge in [-0.25, -0.2) is 8.42 Å². The summed E-state index contributed by atoms with van der Waals surface area (Å²) in [6.07, 6.45) is 3.39. The Labute approximate surface area is 171 Å². The molecule has 0 aliphatic carbocycles. The number of halogens is 1. The summed E-state index contributed by atoms with van der Waals surface area (Å²) in [5.41, 5.74) is 1.32. The molecule has 0 radical (unpaired) electrons. The molecule has 1 saturated heterocycles. The van der Waals surface area contributed by atoms with Gasteiger partial charge in [0.2, 0.25) is 10.0 Å². The van der Waals surface area contributed by atoms with Gasteiger partial charge in [0.1, 0.15) is 4.90 Å². The molecule has 1 aliphatic rings. The van der Waals surface area contributed by atoms with E-state index in [4.69, 9.17) is 11.6 Å². The van der Waals surface area contributed by atoms with Crippen molar-refractivity contribution in [3.63, 3.8) is 0 Å². The third-order valence-electron chi connectivity index (χ3n) is 4.96. The van der Waals surface area contributed by atoms with E-state index in [1.165, 1.54) is 16.4 Å². The molecule has 1 N–H and O–H groups in total. The van der Waals surface area contributed by atoms with Crippen molar-refractivity contribution < 1.29 is 13.2 Å². The van der Waals surface area contributed by atoms with Crippen molar-refractivity contribution in [2.24, 2.45) is 0 Å². The van der Waals surface area contributed by atoms with Crippen LogP contribution < -0.4 is 5.32 Å². The molecule has 0 aromatic heterocycles. The monoisotopic (exact) mass is 420 g/mol. The second kappa shape index (κ2) is 9.07.